The molecule has 0 radical (unpaired) electrons. The number of rotatable bonds is 5. The number of hydrogen-bond acceptors (Lipinski definition) is 5. The van der Waals surface area contributed by atoms with Crippen molar-refractivity contribution in [2.24, 2.45) is 0 Å². The van der Waals surface area contributed by atoms with Crippen molar-refractivity contribution in [3.8, 4) is 0 Å². The molecule has 5 nitrogen and oxygen atoms in total. The van der Waals surface area contributed by atoms with E-state index in [0.717, 1.165) is 30.5 Å². The zero-order chi connectivity index (χ0) is 13.7. The highest BCUT2D eigenvalue weighted by molar-refractivity contribution is 5.50. The predicted octanol–water partition coefficient (Wildman–Crippen LogP) is 2.43. The van der Waals surface area contributed by atoms with E-state index in [1.807, 2.05) is 6.07 Å². The molecule has 5 heteroatoms. The first-order valence-corrected chi connectivity index (χ1v) is 7.12. The van der Waals surface area contributed by atoms with Gasteiger partial charge in [-0.15, -0.1) is 0 Å². The largest absolute Gasteiger partial charge is 0.377 e. The fourth-order valence-corrected chi connectivity index (χ4v) is 2.53. The van der Waals surface area contributed by atoms with E-state index in [4.69, 9.17) is 4.74 Å². The van der Waals surface area contributed by atoms with Crippen LogP contribution in [0.5, 0.6) is 0 Å². The van der Waals surface area contributed by atoms with Crippen molar-refractivity contribution in [2.45, 2.75) is 45.8 Å². The number of nitrogens with zero attached hydrogens (tertiary/aromatic N) is 3. The first kappa shape index (κ1) is 14.1. The highest BCUT2D eigenvalue weighted by atomic mass is 16.5. The Kier molecular flexibility index (Phi) is 4.96. The van der Waals surface area contributed by atoms with Gasteiger partial charge in [-0.25, -0.2) is 9.97 Å². The van der Waals surface area contributed by atoms with Gasteiger partial charge in [0, 0.05) is 32.3 Å². The third kappa shape index (κ3) is 3.56. The average molecular weight is 264 g/mol. The Labute approximate surface area is 115 Å². The fraction of sp³-hybridized carbons (Fsp3) is 0.714. The van der Waals surface area contributed by atoms with Crippen molar-refractivity contribution < 1.29 is 4.74 Å². The minimum Gasteiger partial charge on any atom is -0.377 e. The number of anilines is 2. The van der Waals surface area contributed by atoms with Crippen LogP contribution in [-0.2, 0) is 11.3 Å². The number of piperidine rings is 1. The zero-order valence-electron chi connectivity index (χ0n) is 12.1. The lowest BCUT2D eigenvalue weighted by Crippen LogP contribution is -2.38. The molecule has 1 atom stereocenters. The van der Waals surface area contributed by atoms with E-state index in [2.05, 4.69) is 34.0 Å². The van der Waals surface area contributed by atoms with Crippen molar-refractivity contribution in [1.82, 2.24) is 9.97 Å². The summed E-state index contributed by atoms with van der Waals surface area (Å²) in [6.45, 7) is 6.73. The smallest absolute Gasteiger partial charge is 0.158 e. The molecule has 0 saturated carbocycles. The van der Waals surface area contributed by atoms with Crippen LogP contribution >= 0.6 is 0 Å². The Bertz CT molecular complexity index is 386. The number of ether oxygens (including phenoxy) is 1. The van der Waals surface area contributed by atoms with Crippen LogP contribution in [0.15, 0.2) is 6.07 Å². The molecule has 1 aliphatic heterocycles. The van der Waals surface area contributed by atoms with Gasteiger partial charge in [0.1, 0.15) is 18.2 Å². The van der Waals surface area contributed by atoms with E-state index in [-0.39, 0.29) is 0 Å². The highest BCUT2D eigenvalue weighted by Crippen LogP contribution is 2.24. The van der Waals surface area contributed by atoms with Crippen LogP contribution in [0.2, 0.25) is 0 Å². The zero-order valence-corrected chi connectivity index (χ0v) is 12.1. The maximum atomic E-state index is 5.16. The SMILES string of the molecule is CCNc1cc(N2CCCCC2C)nc(COC)n1. The predicted molar refractivity (Wildman–Crippen MR) is 77.6 cm³/mol. The summed E-state index contributed by atoms with van der Waals surface area (Å²) in [5.41, 5.74) is 0. The molecule has 1 aromatic rings. The molecule has 2 rings (SSSR count). The maximum Gasteiger partial charge on any atom is 0.158 e. The monoisotopic (exact) mass is 264 g/mol. The van der Waals surface area contributed by atoms with E-state index in [1.54, 1.807) is 7.11 Å². The lowest BCUT2D eigenvalue weighted by molar-refractivity contribution is 0.178. The summed E-state index contributed by atoms with van der Waals surface area (Å²) in [5.74, 6) is 2.65. The van der Waals surface area contributed by atoms with Gasteiger partial charge < -0.3 is 15.0 Å². The summed E-state index contributed by atoms with van der Waals surface area (Å²) in [7, 11) is 1.67. The second-order valence-corrected chi connectivity index (χ2v) is 5.03. The summed E-state index contributed by atoms with van der Waals surface area (Å²) >= 11 is 0. The van der Waals surface area contributed by atoms with Crippen molar-refractivity contribution in [3.05, 3.63) is 11.9 Å². The van der Waals surface area contributed by atoms with E-state index in [9.17, 15) is 0 Å². The normalized spacial score (nSPS) is 19.5. The van der Waals surface area contributed by atoms with Gasteiger partial charge >= 0.3 is 0 Å². The summed E-state index contributed by atoms with van der Waals surface area (Å²) in [6, 6.07) is 2.60. The van der Waals surface area contributed by atoms with Gasteiger partial charge in [0.25, 0.3) is 0 Å². The van der Waals surface area contributed by atoms with Crippen LogP contribution in [0.3, 0.4) is 0 Å². The Morgan fingerprint density at radius 2 is 2.26 bits per heavy atom. The number of methoxy groups -OCH3 is 1. The van der Waals surface area contributed by atoms with Crippen LogP contribution in [0, 0.1) is 0 Å². The molecule has 1 aliphatic rings. The van der Waals surface area contributed by atoms with Gasteiger partial charge in [-0.3, -0.25) is 0 Å². The summed E-state index contributed by atoms with van der Waals surface area (Å²) in [4.78, 5) is 11.5. The van der Waals surface area contributed by atoms with E-state index in [1.165, 1.54) is 19.3 Å². The maximum absolute atomic E-state index is 5.16. The molecule has 0 amide bonds. The molecule has 1 saturated heterocycles. The Balaban J connectivity index is 2.26. The molecule has 0 aliphatic carbocycles. The average Bonchev–Trinajstić information content (AvgIpc) is 2.40. The molecular weight excluding hydrogens is 240 g/mol. The van der Waals surface area contributed by atoms with Crippen LogP contribution in [0.25, 0.3) is 0 Å². The molecule has 0 spiro atoms. The van der Waals surface area contributed by atoms with Gasteiger partial charge in [-0.1, -0.05) is 0 Å². The lowest BCUT2D eigenvalue weighted by Gasteiger charge is -2.34. The third-order valence-electron chi connectivity index (χ3n) is 3.49. The van der Waals surface area contributed by atoms with Gasteiger partial charge in [-0.2, -0.15) is 0 Å². The van der Waals surface area contributed by atoms with Crippen molar-refractivity contribution >= 4 is 11.6 Å². The van der Waals surface area contributed by atoms with E-state index >= 15 is 0 Å². The van der Waals surface area contributed by atoms with Crippen molar-refractivity contribution in [1.29, 1.82) is 0 Å². The first-order chi connectivity index (χ1) is 9.24. The number of nitrogens with one attached hydrogen (secondary N) is 1. The van der Waals surface area contributed by atoms with Crippen molar-refractivity contribution in [2.75, 3.05) is 30.4 Å². The molecule has 0 aromatic carbocycles. The molecule has 0 bridgehead atoms. The number of hydrogen-bond donors (Lipinski definition) is 1. The first-order valence-electron chi connectivity index (χ1n) is 7.12. The second-order valence-electron chi connectivity index (χ2n) is 5.03. The van der Waals surface area contributed by atoms with Gasteiger partial charge in [-0.05, 0) is 33.1 Å². The minimum absolute atomic E-state index is 0.453. The third-order valence-corrected chi connectivity index (χ3v) is 3.49. The Hall–Kier alpha value is -1.36. The molecular formula is C14H24N4O. The molecule has 1 N–H and O–H groups in total. The minimum atomic E-state index is 0.453. The van der Waals surface area contributed by atoms with Crippen LogP contribution in [0.1, 0.15) is 38.9 Å². The van der Waals surface area contributed by atoms with Gasteiger partial charge in [0.05, 0.1) is 0 Å². The molecule has 1 fully saturated rings. The topological polar surface area (TPSA) is 50.3 Å². The summed E-state index contributed by atoms with van der Waals surface area (Å²) in [5, 5.41) is 3.27. The summed E-state index contributed by atoms with van der Waals surface area (Å²) in [6.07, 6.45) is 3.79. The molecule has 2 heterocycles. The van der Waals surface area contributed by atoms with E-state index in [0.29, 0.717) is 12.6 Å². The molecule has 106 valence electrons. The van der Waals surface area contributed by atoms with Crippen molar-refractivity contribution in [3.63, 3.8) is 0 Å². The van der Waals surface area contributed by atoms with Gasteiger partial charge in [0.15, 0.2) is 5.82 Å². The van der Waals surface area contributed by atoms with Gasteiger partial charge in [0.2, 0.25) is 0 Å². The van der Waals surface area contributed by atoms with Crippen LogP contribution in [0.4, 0.5) is 11.6 Å². The van der Waals surface area contributed by atoms with Crippen LogP contribution < -0.4 is 10.2 Å². The van der Waals surface area contributed by atoms with Crippen LogP contribution in [-0.4, -0.2) is 36.2 Å². The Morgan fingerprint density at radius 1 is 1.42 bits per heavy atom. The lowest BCUT2D eigenvalue weighted by atomic mass is 10.0. The molecule has 1 unspecified atom stereocenters. The standard InChI is InChI=1S/C14H24N4O/c1-4-15-12-9-14(17-13(16-12)10-19-3)18-8-6-5-7-11(18)2/h9,11H,4-8,10H2,1-3H3,(H,15,16,17). The quantitative estimate of drug-likeness (QED) is 0.885. The molecule has 19 heavy (non-hydrogen) atoms. The molecule has 1 aromatic heterocycles. The van der Waals surface area contributed by atoms with E-state index < -0.39 is 0 Å². The fourth-order valence-electron chi connectivity index (χ4n) is 2.53. The Morgan fingerprint density at radius 3 is 2.95 bits per heavy atom. The summed E-state index contributed by atoms with van der Waals surface area (Å²) < 4.78 is 5.16. The highest BCUT2D eigenvalue weighted by Gasteiger charge is 2.20. The second kappa shape index (κ2) is 6.70. The number of aromatic nitrogens is 2.